The average molecular weight is 382 g/mol. The van der Waals surface area contributed by atoms with E-state index in [1.807, 2.05) is 53.3 Å². The van der Waals surface area contributed by atoms with Gasteiger partial charge in [0.15, 0.2) is 0 Å². The van der Waals surface area contributed by atoms with Crippen LogP contribution in [-0.4, -0.2) is 46.5 Å². The molecule has 2 aliphatic heterocycles. The highest BCUT2D eigenvalue weighted by molar-refractivity contribution is 5.21. The smallest absolute Gasteiger partial charge is 0.134 e. The molecular formula is C20H22N4O4. The summed E-state index contributed by atoms with van der Waals surface area (Å²) in [7, 11) is 0. The zero-order valence-corrected chi connectivity index (χ0v) is 15.3. The highest BCUT2D eigenvalue weighted by Gasteiger charge is 2.48. The number of para-hydroxylation sites is 1. The molecule has 0 aliphatic carbocycles. The van der Waals surface area contributed by atoms with Gasteiger partial charge in [0.1, 0.15) is 42.1 Å². The van der Waals surface area contributed by atoms with Crippen molar-refractivity contribution >= 4 is 0 Å². The summed E-state index contributed by atoms with van der Waals surface area (Å²) in [5.74, 6) is 1.71. The second-order valence-corrected chi connectivity index (χ2v) is 7.02. The largest absolute Gasteiger partial charge is 0.487 e. The summed E-state index contributed by atoms with van der Waals surface area (Å²) in [5.41, 5.74) is 0.776. The SMILES string of the molecule is c1ccc(OCc2cn([C@@H]3CO[C@@H]4[C@@H]3OC[C@@H]4NCc3ccco3)nn2)cc1. The Morgan fingerprint density at radius 3 is 2.82 bits per heavy atom. The lowest BCUT2D eigenvalue weighted by Gasteiger charge is -2.17. The number of nitrogens with zero attached hydrogens (tertiary/aromatic N) is 3. The van der Waals surface area contributed by atoms with Crippen molar-refractivity contribution < 1.29 is 18.6 Å². The van der Waals surface area contributed by atoms with E-state index in [9.17, 15) is 0 Å². The topological polar surface area (TPSA) is 83.6 Å². The van der Waals surface area contributed by atoms with Crippen LogP contribution < -0.4 is 10.1 Å². The van der Waals surface area contributed by atoms with Gasteiger partial charge in [-0.25, -0.2) is 4.68 Å². The Balaban J connectivity index is 1.18. The Morgan fingerprint density at radius 1 is 1.07 bits per heavy atom. The highest BCUT2D eigenvalue weighted by Crippen LogP contribution is 2.34. The molecule has 0 unspecified atom stereocenters. The van der Waals surface area contributed by atoms with E-state index in [0.717, 1.165) is 17.2 Å². The third-order valence-corrected chi connectivity index (χ3v) is 5.17. The molecule has 2 fully saturated rings. The Labute approximate surface area is 162 Å². The van der Waals surface area contributed by atoms with E-state index in [4.69, 9.17) is 18.6 Å². The van der Waals surface area contributed by atoms with Gasteiger partial charge in [-0.15, -0.1) is 5.10 Å². The molecule has 0 bridgehead atoms. The minimum absolute atomic E-state index is 0.00631. The summed E-state index contributed by atoms with van der Waals surface area (Å²) < 4.78 is 25.0. The molecule has 28 heavy (non-hydrogen) atoms. The maximum atomic E-state index is 6.03. The number of fused-ring (bicyclic) bond motifs is 1. The van der Waals surface area contributed by atoms with Gasteiger partial charge in [0.05, 0.1) is 38.3 Å². The fraction of sp³-hybridized carbons (Fsp3) is 0.400. The zero-order valence-electron chi connectivity index (χ0n) is 15.3. The number of aromatic nitrogens is 3. The maximum Gasteiger partial charge on any atom is 0.134 e. The minimum atomic E-state index is -0.0429. The van der Waals surface area contributed by atoms with Crippen LogP contribution in [0.4, 0.5) is 0 Å². The highest BCUT2D eigenvalue weighted by atomic mass is 16.6. The van der Waals surface area contributed by atoms with E-state index in [2.05, 4.69) is 15.6 Å². The fourth-order valence-electron chi connectivity index (χ4n) is 3.74. The average Bonchev–Trinajstić information content (AvgIpc) is 3.51. The summed E-state index contributed by atoms with van der Waals surface area (Å²) in [4.78, 5) is 0. The van der Waals surface area contributed by atoms with E-state index in [1.54, 1.807) is 6.26 Å². The normalized spacial score (nSPS) is 26.4. The molecule has 0 radical (unpaired) electrons. The third-order valence-electron chi connectivity index (χ3n) is 5.17. The van der Waals surface area contributed by atoms with Gasteiger partial charge < -0.3 is 23.9 Å². The first kappa shape index (κ1) is 17.4. The molecule has 0 saturated carbocycles. The van der Waals surface area contributed by atoms with Crippen LogP contribution in [0.1, 0.15) is 17.5 Å². The molecular weight excluding hydrogens is 360 g/mol. The second-order valence-electron chi connectivity index (χ2n) is 7.02. The molecule has 0 amide bonds. The molecule has 4 heterocycles. The summed E-state index contributed by atoms with van der Waals surface area (Å²) in [6.07, 6.45) is 3.54. The Morgan fingerprint density at radius 2 is 1.96 bits per heavy atom. The first-order valence-corrected chi connectivity index (χ1v) is 9.44. The van der Waals surface area contributed by atoms with Gasteiger partial charge in [0, 0.05) is 0 Å². The predicted molar refractivity (Wildman–Crippen MR) is 98.6 cm³/mol. The van der Waals surface area contributed by atoms with E-state index >= 15 is 0 Å². The Hall–Kier alpha value is -2.68. The lowest BCUT2D eigenvalue weighted by molar-refractivity contribution is 0.0619. The number of benzene rings is 1. The van der Waals surface area contributed by atoms with Gasteiger partial charge in [0.25, 0.3) is 0 Å². The molecule has 2 aliphatic rings. The van der Waals surface area contributed by atoms with Crippen LogP contribution in [0.15, 0.2) is 59.3 Å². The monoisotopic (exact) mass is 382 g/mol. The zero-order chi connectivity index (χ0) is 18.8. The number of ether oxygens (including phenoxy) is 3. The lowest BCUT2D eigenvalue weighted by atomic mass is 10.1. The van der Waals surface area contributed by atoms with E-state index in [0.29, 0.717) is 26.4 Å². The quantitative estimate of drug-likeness (QED) is 0.669. The van der Waals surface area contributed by atoms with Gasteiger partial charge in [-0.05, 0) is 24.3 Å². The van der Waals surface area contributed by atoms with Crippen molar-refractivity contribution in [1.29, 1.82) is 0 Å². The number of hydrogen-bond acceptors (Lipinski definition) is 7. The number of rotatable bonds is 7. The van der Waals surface area contributed by atoms with Gasteiger partial charge in [-0.1, -0.05) is 23.4 Å². The first-order chi connectivity index (χ1) is 13.9. The second kappa shape index (κ2) is 7.75. The van der Waals surface area contributed by atoms with Crippen molar-refractivity contribution in [3.05, 3.63) is 66.4 Å². The molecule has 3 aromatic rings. The number of furan rings is 1. The Kier molecular flexibility index (Phi) is 4.82. The first-order valence-electron chi connectivity index (χ1n) is 9.44. The summed E-state index contributed by atoms with van der Waals surface area (Å²) in [6, 6.07) is 13.7. The Bertz CT molecular complexity index is 883. The van der Waals surface area contributed by atoms with Crippen LogP contribution in [0.25, 0.3) is 0 Å². The van der Waals surface area contributed by atoms with Crippen LogP contribution in [0, 0.1) is 0 Å². The summed E-state index contributed by atoms with van der Waals surface area (Å²) >= 11 is 0. The third kappa shape index (κ3) is 3.54. The van der Waals surface area contributed by atoms with Crippen molar-refractivity contribution in [3.8, 4) is 5.75 Å². The molecule has 1 N–H and O–H groups in total. The van der Waals surface area contributed by atoms with Crippen molar-refractivity contribution in [1.82, 2.24) is 20.3 Å². The molecule has 8 heteroatoms. The van der Waals surface area contributed by atoms with Gasteiger partial charge in [-0.2, -0.15) is 0 Å². The van der Waals surface area contributed by atoms with E-state index in [1.165, 1.54) is 0 Å². The molecule has 8 nitrogen and oxygen atoms in total. The molecule has 4 atom stereocenters. The van der Waals surface area contributed by atoms with Gasteiger partial charge in [0.2, 0.25) is 0 Å². The predicted octanol–water partition coefficient (Wildman–Crippen LogP) is 1.95. The van der Waals surface area contributed by atoms with Crippen molar-refractivity contribution in [2.75, 3.05) is 13.2 Å². The van der Waals surface area contributed by atoms with E-state index < -0.39 is 0 Å². The summed E-state index contributed by atoms with van der Waals surface area (Å²) in [6.45, 7) is 2.18. The van der Waals surface area contributed by atoms with Crippen molar-refractivity contribution in [2.45, 2.75) is 37.4 Å². The molecule has 2 saturated heterocycles. The van der Waals surface area contributed by atoms with Gasteiger partial charge >= 0.3 is 0 Å². The molecule has 2 aromatic heterocycles. The molecule has 146 valence electrons. The van der Waals surface area contributed by atoms with Crippen LogP contribution >= 0.6 is 0 Å². The summed E-state index contributed by atoms with van der Waals surface area (Å²) in [5, 5.41) is 12.0. The number of nitrogens with one attached hydrogen (secondary N) is 1. The van der Waals surface area contributed by atoms with E-state index in [-0.39, 0.29) is 24.3 Å². The maximum absolute atomic E-state index is 6.03. The minimum Gasteiger partial charge on any atom is -0.487 e. The molecule has 0 spiro atoms. The number of hydrogen-bond donors (Lipinski definition) is 1. The van der Waals surface area contributed by atoms with Crippen LogP contribution in [0.3, 0.4) is 0 Å². The molecule has 1 aromatic carbocycles. The van der Waals surface area contributed by atoms with Crippen LogP contribution in [0.2, 0.25) is 0 Å². The van der Waals surface area contributed by atoms with Crippen molar-refractivity contribution in [3.63, 3.8) is 0 Å². The standard InChI is InChI=1S/C20H22N4O4/c1-2-5-15(6-3-1)26-11-14-10-24(23-22-14)18-13-28-19-17(12-27-20(18)19)21-9-16-7-4-8-25-16/h1-8,10,17-21H,9,11-13H2/t17-,18+,19-,20+/m0/s1. The van der Waals surface area contributed by atoms with Crippen LogP contribution in [-0.2, 0) is 22.6 Å². The van der Waals surface area contributed by atoms with Crippen LogP contribution in [0.5, 0.6) is 5.75 Å². The van der Waals surface area contributed by atoms with Gasteiger partial charge in [-0.3, -0.25) is 0 Å². The lowest BCUT2D eigenvalue weighted by Crippen LogP contribution is -2.40. The van der Waals surface area contributed by atoms with Crippen molar-refractivity contribution in [2.24, 2.45) is 0 Å². The fourth-order valence-corrected chi connectivity index (χ4v) is 3.74. The molecule has 5 rings (SSSR count).